The van der Waals surface area contributed by atoms with E-state index in [-0.39, 0.29) is 11.8 Å². The number of hydrogen-bond donors (Lipinski definition) is 0. The molecule has 1 aliphatic heterocycles. The number of furan rings is 1. The zero-order valence-corrected chi connectivity index (χ0v) is 33.7. The Bertz CT molecular complexity index is 3890. The van der Waals surface area contributed by atoms with Crippen LogP contribution in [0.15, 0.2) is 179 Å². The van der Waals surface area contributed by atoms with Crippen molar-refractivity contribution in [2.45, 2.75) is 38.0 Å². The fourth-order valence-electron chi connectivity index (χ4n) is 11.6. The number of para-hydroxylation sites is 4. The lowest BCUT2D eigenvalue weighted by Gasteiger charge is -2.25. The lowest BCUT2D eigenvalue weighted by molar-refractivity contribution is 0.583. The topological polar surface area (TPSA) is 34.8 Å². The molecule has 0 amide bonds. The Labute approximate surface area is 351 Å². The van der Waals surface area contributed by atoms with Crippen molar-refractivity contribution in [3.8, 4) is 11.1 Å². The van der Waals surface area contributed by atoms with E-state index < -0.39 is 0 Å². The van der Waals surface area contributed by atoms with Crippen LogP contribution < -0.4 is 0 Å². The molecular formula is C57H39N3O. The number of aryl methyl sites for hydroxylation is 1. The second-order valence-electron chi connectivity index (χ2n) is 17.3. The van der Waals surface area contributed by atoms with Gasteiger partial charge in [-0.1, -0.05) is 134 Å². The lowest BCUT2D eigenvalue weighted by atomic mass is 9.81. The minimum atomic E-state index is -0.0821. The Morgan fingerprint density at radius 1 is 0.557 bits per heavy atom. The molecule has 4 aromatic heterocycles. The van der Waals surface area contributed by atoms with Crippen molar-refractivity contribution in [3.05, 3.63) is 192 Å². The Morgan fingerprint density at radius 3 is 2.08 bits per heavy atom. The maximum Gasteiger partial charge on any atom is 0.153 e. The molecule has 14 rings (SSSR count). The first kappa shape index (κ1) is 33.4. The molecule has 0 saturated heterocycles. The van der Waals surface area contributed by atoms with Crippen LogP contribution >= 0.6 is 0 Å². The van der Waals surface area contributed by atoms with E-state index >= 15 is 0 Å². The minimum absolute atomic E-state index is 0.0821. The summed E-state index contributed by atoms with van der Waals surface area (Å²) in [6.45, 7) is 2.37. The van der Waals surface area contributed by atoms with Crippen LogP contribution in [0.1, 0.15) is 54.1 Å². The smallest absolute Gasteiger partial charge is 0.153 e. The number of hydrogen-bond acceptors (Lipinski definition) is 2. The van der Waals surface area contributed by atoms with Gasteiger partial charge in [-0.05, 0) is 101 Å². The molecule has 0 radical (unpaired) electrons. The fraction of sp³-hybridized carbons (Fsp3) is 0.105. The molecule has 1 aliphatic carbocycles. The zero-order chi connectivity index (χ0) is 39.9. The highest BCUT2D eigenvalue weighted by molar-refractivity contribution is 6.28. The monoisotopic (exact) mass is 781 g/mol. The predicted octanol–water partition coefficient (Wildman–Crippen LogP) is 15.0. The molecule has 2 unspecified atom stereocenters. The van der Waals surface area contributed by atoms with Crippen LogP contribution in [0.5, 0.6) is 0 Å². The molecule has 0 fully saturated rings. The van der Waals surface area contributed by atoms with Gasteiger partial charge < -0.3 is 8.82 Å². The first-order valence-electron chi connectivity index (χ1n) is 21.7. The fourth-order valence-corrected chi connectivity index (χ4v) is 11.6. The normalized spacial score (nSPS) is 17.8. The summed E-state index contributed by atoms with van der Waals surface area (Å²) in [4.78, 5) is 6.07. The molecule has 4 heteroatoms. The van der Waals surface area contributed by atoms with Gasteiger partial charge in [0, 0.05) is 49.2 Å². The zero-order valence-electron chi connectivity index (χ0n) is 33.7. The summed E-state index contributed by atoms with van der Waals surface area (Å²) in [5, 5.41) is 11.4. The second-order valence-corrected chi connectivity index (χ2v) is 17.3. The van der Waals surface area contributed by atoms with Gasteiger partial charge in [-0.2, -0.15) is 0 Å². The molecule has 5 heterocycles. The standard InChI is InChI=1S/C57H39N3O/c1-33-26-31-50(59-46-23-11-7-19-39(46)52-37-17-5-3-15-35(37)28-30-48(52)59)58-55(57-51(33)41-21-9-13-25-49(41)61-57)42-29-27-34-14-2-4-16-36(34)43-32-44-38-18-6-10-22-45(38)60-47-24-12-8-20-40(47)54(53(42)43)56(44)60/h2-25,28,30-33,42H,26-27,29H2,1H3/b50-31-,58-55?. The van der Waals surface area contributed by atoms with Crippen molar-refractivity contribution < 1.29 is 4.42 Å². The number of benzene rings is 8. The van der Waals surface area contributed by atoms with Crippen molar-refractivity contribution in [2.75, 3.05) is 0 Å². The highest BCUT2D eigenvalue weighted by Crippen LogP contribution is 2.52. The van der Waals surface area contributed by atoms with E-state index in [4.69, 9.17) is 9.41 Å². The number of allylic oxidation sites excluding steroid dienone is 1. The van der Waals surface area contributed by atoms with Gasteiger partial charge in [-0.25, -0.2) is 4.99 Å². The molecule has 0 N–H and O–H groups in total. The Morgan fingerprint density at radius 2 is 1.23 bits per heavy atom. The quantitative estimate of drug-likeness (QED) is 0.172. The van der Waals surface area contributed by atoms with Gasteiger partial charge in [-0.3, -0.25) is 4.57 Å². The van der Waals surface area contributed by atoms with Gasteiger partial charge in [0.15, 0.2) is 5.76 Å². The predicted molar refractivity (Wildman–Crippen MR) is 255 cm³/mol. The van der Waals surface area contributed by atoms with E-state index in [1.165, 1.54) is 98.4 Å². The Balaban J connectivity index is 1.14. The maximum atomic E-state index is 7.21. The number of fused-ring (bicyclic) bond motifs is 18. The largest absolute Gasteiger partial charge is 0.454 e. The summed E-state index contributed by atoms with van der Waals surface area (Å²) in [6, 6.07) is 60.4. The Hall–Kier alpha value is -7.43. The van der Waals surface area contributed by atoms with Gasteiger partial charge in [0.2, 0.25) is 0 Å². The summed E-state index contributed by atoms with van der Waals surface area (Å²) < 4.78 is 12.2. The summed E-state index contributed by atoms with van der Waals surface area (Å²) in [7, 11) is 0. The third-order valence-electron chi connectivity index (χ3n) is 14.1. The first-order chi connectivity index (χ1) is 30.2. The van der Waals surface area contributed by atoms with Crippen LogP contribution in [0, 0.1) is 0 Å². The van der Waals surface area contributed by atoms with E-state index in [0.29, 0.717) is 0 Å². The first-order valence-corrected chi connectivity index (χ1v) is 21.7. The molecule has 61 heavy (non-hydrogen) atoms. The van der Waals surface area contributed by atoms with E-state index in [1.54, 1.807) is 0 Å². The van der Waals surface area contributed by atoms with Crippen LogP contribution in [0.25, 0.3) is 98.6 Å². The molecule has 2 aliphatic rings. The number of aromatic nitrogens is 2. The summed E-state index contributed by atoms with van der Waals surface area (Å²) in [5.41, 5.74) is 14.6. The van der Waals surface area contributed by atoms with E-state index in [9.17, 15) is 0 Å². The van der Waals surface area contributed by atoms with Crippen molar-refractivity contribution in [1.82, 2.24) is 8.97 Å². The SMILES string of the molecule is CC1C/C=C(\n2c3ccccc3c3c4ccccc4ccc32)N=C(C2CCc3ccccc3-c3cc4c5ccccc5n5c6ccccc6c(c32)c45)c2oc3ccccc3c21. The average molecular weight is 782 g/mol. The van der Waals surface area contributed by atoms with Crippen molar-refractivity contribution >= 4 is 93.2 Å². The van der Waals surface area contributed by atoms with Crippen molar-refractivity contribution in [2.24, 2.45) is 4.99 Å². The molecule has 0 saturated carbocycles. The molecule has 8 aromatic carbocycles. The van der Waals surface area contributed by atoms with Crippen molar-refractivity contribution in [1.29, 1.82) is 0 Å². The van der Waals surface area contributed by atoms with E-state index in [1.807, 2.05) is 0 Å². The van der Waals surface area contributed by atoms with Crippen LogP contribution in [0.3, 0.4) is 0 Å². The van der Waals surface area contributed by atoms with Gasteiger partial charge in [0.1, 0.15) is 11.4 Å². The molecule has 2 atom stereocenters. The lowest BCUT2D eigenvalue weighted by Crippen LogP contribution is -2.19. The third-order valence-corrected chi connectivity index (χ3v) is 14.1. The van der Waals surface area contributed by atoms with E-state index in [2.05, 4.69) is 186 Å². The molecule has 288 valence electrons. The average Bonchev–Trinajstić information content (AvgIpc) is 4.02. The van der Waals surface area contributed by atoms with Gasteiger partial charge in [0.25, 0.3) is 0 Å². The van der Waals surface area contributed by atoms with Gasteiger partial charge in [0.05, 0.1) is 33.3 Å². The number of rotatable bonds is 2. The summed E-state index contributed by atoms with van der Waals surface area (Å²) in [6.07, 6.45) is 5.04. The third kappa shape index (κ3) is 4.46. The number of aliphatic imine (C=N–C) groups is 1. The van der Waals surface area contributed by atoms with Gasteiger partial charge >= 0.3 is 0 Å². The summed E-state index contributed by atoms with van der Waals surface area (Å²) in [5.74, 6) is 1.98. The molecular weight excluding hydrogens is 743 g/mol. The molecule has 0 spiro atoms. The molecule has 0 bridgehead atoms. The maximum absolute atomic E-state index is 7.21. The Kier molecular flexibility index (Phi) is 6.74. The van der Waals surface area contributed by atoms with Crippen LogP contribution in [0.4, 0.5) is 0 Å². The van der Waals surface area contributed by atoms with Crippen LogP contribution in [-0.2, 0) is 6.42 Å². The highest BCUT2D eigenvalue weighted by atomic mass is 16.3. The van der Waals surface area contributed by atoms with Crippen molar-refractivity contribution in [3.63, 3.8) is 0 Å². The molecule has 12 aromatic rings. The van der Waals surface area contributed by atoms with Crippen LogP contribution in [-0.4, -0.2) is 14.7 Å². The molecule has 4 nitrogen and oxygen atoms in total. The van der Waals surface area contributed by atoms with Crippen LogP contribution in [0.2, 0.25) is 0 Å². The minimum Gasteiger partial charge on any atom is -0.454 e. The number of nitrogens with zero attached hydrogens (tertiary/aromatic N) is 3. The summed E-state index contributed by atoms with van der Waals surface area (Å²) >= 11 is 0. The van der Waals surface area contributed by atoms with E-state index in [0.717, 1.165) is 47.7 Å². The van der Waals surface area contributed by atoms with Gasteiger partial charge in [-0.15, -0.1) is 0 Å². The second kappa shape index (κ2) is 12.3. The highest BCUT2D eigenvalue weighted by Gasteiger charge is 2.37.